The molecule has 2 rings (SSSR count). The maximum atomic E-state index is 11.6. The van der Waals surface area contributed by atoms with Gasteiger partial charge in [-0.1, -0.05) is 30.3 Å². The number of aromatic nitrogens is 1. The van der Waals surface area contributed by atoms with Crippen LogP contribution in [-0.2, 0) is 11.3 Å². The van der Waals surface area contributed by atoms with Crippen LogP contribution in [0.15, 0.2) is 42.6 Å². The summed E-state index contributed by atoms with van der Waals surface area (Å²) in [6.07, 6.45) is 1.51. The lowest BCUT2D eigenvalue weighted by atomic mass is 10.2. The number of hydrogen-bond acceptors (Lipinski definition) is 5. The molecule has 0 aliphatic rings. The minimum absolute atomic E-state index is 0.212. The Hall–Kier alpha value is -2.56. The van der Waals surface area contributed by atoms with Crippen molar-refractivity contribution < 1.29 is 19.0 Å². The summed E-state index contributed by atoms with van der Waals surface area (Å²) < 4.78 is 15.3. The molecule has 0 unspecified atom stereocenters. The van der Waals surface area contributed by atoms with E-state index < -0.39 is 5.97 Å². The summed E-state index contributed by atoms with van der Waals surface area (Å²) in [5, 5.41) is 0. The Morgan fingerprint density at radius 3 is 2.60 bits per heavy atom. The van der Waals surface area contributed by atoms with E-state index in [2.05, 4.69) is 9.72 Å². The Kier molecular flexibility index (Phi) is 4.55. The van der Waals surface area contributed by atoms with Crippen LogP contribution < -0.4 is 9.47 Å². The van der Waals surface area contributed by atoms with Gasteiger partial charge in [0.1, 0.15) is 17.9 Å². The molecule has 5 heteroatoms. The van der Waals surface area contributed by atoms with Crippen molar-refractivity contribution in [2.24, 2.45) is 0 Å². The van der Waals surface area contributed by atoms with Gasteiger partial charge in [-0.2, -0.15) is 0 Å². The zero-order chi connectivity index (χ0) is 14.4. The molecule has 0 N–H and O–H groups in total. The van der Waals surface area contributed by atoms with Gasteiger partial charge < -0.3 is 14.2 Å². The quantitative estimate of drug-likeness (QED) is 0.783. The molecule has 1 aromatic carbocycles. The highest BCUT2D eigenvalue weighted by Gasteiger charge is 2.15. The number of rotatable bonds is 5. The second-order valence-electron chi connectivity index (χ2n) is 3.99. The highest BCUT2D eigenvalue weighted by atomic mass is 16.5. The molecule has 0 amide bonds. The molecule has 0 fully saturated rings. The minimum atomic E-state index is -0.514. The second kappa shape index (κ2) is 6.56. The van der Waals surface area contributed by atoms with Crippen molar-refractivity contribution in [2.75, 3.05) is 14.2 Å². The van der Waals surface area contributed by atoms with Gasteiger partial charge in [-0.05, 0) is 5.56 Å². The van der Waals surface area contributed by atoms with Gasteiger partial charge in [0, 0.05) is 6.07 Å². The molecule has 20 heavy (non-hydrogen) atoms. The summed E-state index contributed by atoms with van der Waals surface area (Å²) in [6.45, 7) is 0.398. The molecule has 0 aliphatic heterocycles. The predicted molar refractivity (Wildman–Crippen MR) is 72.9 cm³/mol. The predicted octanol–water partition coefficient (Wildman–Crippen LogP) is 2.46. The van der Waals surface area contributed by atoms with Gasteiger partial charge in [-0.15, -0.1) is 0 Å². The van der Waals surface area contributed by atoms with Gasteiger partial charge >= 0.3 is 5.97 Å². The lowest BCUT2D eigenvalue weighted by molar-refractivity contribution is 0.0595. The van der Waals surface area contributed by atoms with Crippen LogP contribution >= 0.6 is 0 Å². The fourth-order valence-corrected chi connectivity index (χ4v) is 1.67. The molecule has 0 aliphatic carbocycles. The van der Waals surface area contributed by atoms with Crippen LogP contribution in [-0.4, -0.2) is 25.2 Å². The number of carbonyl (C=O) groups excluding carboxylic acids is 1. The van der Waals surface area contributed by atoms with Gasteiger partial charge in [0.25, 0.3) is 0 Å². The Morgan fingerprint density at radius 1 is 1.20 bits per heavy atom. The maximum absolute atomic E-state index is 11.6. The number of pyridine rings is 1. The van der Waals surface area contributed by atoms with E-state index in [0.29, 0.717) is 12.4 Å². The van der Waals surface area contributed by atoms with Crippen molar-refractivity contribution in [3.05, 3.63) is 53.7 Å². The Balaban J connectivity index is 2.14. The summed E-state index contributed by atoms with van der Waals surface area (Å²) >= 11 is 0. The third-order valence-corrected chi connectivity index (χ3v) is 2.67. The van der Waals surface area contributed by atoms with E-state index >= 15 is 0 Å². The molecule has 1 aromatic heterocycles. The lowest BCUT2D eigenvalue weighted by Gasteiger charge is -2.09. The number of hydrogen-bond donors (Lipinski definition) is 0. The number of carbonyl (C=O) groups is 1. The average molecular weight is 273 g/mol. The lowest BCUT2D eigenvalue weighted by Crippen LogP contribution is -2.06. The van der Waals surface area contributed by atoms with Crippen molar-refractivity contribution >= 4 is 5.97 Å². The number of benzene rings is 1. The van der Waals surface area contributed by atoms with Gasteiger partial charge in [-0.25, -0.2) is 9.78 Å². The first kappa shape index (κ1) is 13.9. The highest BCUT2D eigenvalue weighted by molar-refractivity contribution is 5.92. The van der Waals surface area contributed by atoms with E-state index in [1.807, 2.05) is 30.3 Å². The van der Waals surface area contributed by atoms with Crippen LogP contribution in [0.2, 0.25) is 0 Å². The summed E-state index contributed by atoms with van der Waals surface area (Å²) in [5.74, 6) is 0.179. The van der Waals surface area contributed by atoms with Gasteiger partial charge in [0.15, 0.2) is 0 Å². The first-order valence-corrected chi connectivity index (χ1v) is 6.03. The highest BCUT2D eigenvalue weighted by Crippen LogP contribution is 2.22. The van der Waals surface area contributed by atoms with Gasteiger partial charge in [0.2, 0.25) is 5.88 Å². The van der Waals surface area contributed by atoms with Crippen LogP contribution in [0.25, 0.3) is 0 Å². The Bertz CT molecular complexity index is 584. The van der Waals surface area contributed by atoms with Crippen molar-refractivity contribution in [1.29, 1.82) is 0 Å². The third kappa shape index (κ3) is 3.26. The zero-order valence-corrected chi connectivity index (χ0v) is 11.3. The third-order valence-electron chi connectivity index (χ3n) is 2.67. The number of nitrogens with zero attached hydrogens (tertiary/aromatic N) is 1. The van der Waals surface area contributed by atoms with Crippen molar-refractivity contribution in [2.45, 2.75) is 6.61 Å². The summed E-state index contributed by atoms with van der Waals surface area (Å²) in [5.41, 5.74) is 1.27. The molecule has 0 saturated heterocycles. The average Bonchev–Trinajstić information content (AvgIpc) is 2.52. The first-order valence-electron chi connectivity index (χ1n) is 6.03. The summed E-state index contributed by atoms with van der Waals surface area (Å²) in [6, 6.07) is 11.3. The summed E-state index contributed by atoms with van der Waals surface area (Å²) in [4.78, 5) is 15.7. The Morgan fingerprint density at radius 2 is 1.95 bits per heavy atom. The summed E-state index contributed by atoms with van der Waals surface area (Å²) in [7, 11) is 2.75. The fourth-order valence-electron chi connectivity index (χ4n) is 1.67. The molecule has 104 valence electrons. The van der Waals surface area contributed by atoms with E-state index in [0.717, 1.165) is 5.56 Å². The topological polar surface area (TPSA) is 57.7 Å². The molecular weight excluding hydrogens is 258 g/mol. The molecule has 0 spiro atoms. The number of esters is 1. The fraction of sp³-hybridized carbons (Fsp3) is 0.200. The molecule has 0 saturated carbocycles. The second-order valence-corrected chi connectivity index (χ2v) is 3.99. The van der Waals surface area contributed by atoms with E-state index in [9.17, 15) is 4.79 Å². The SMILES string of the molecule is COC(=O)c1cc(OCc2ccccc2)cnc1OC. The van der Waals surface area contributed by atoms with Crippen molar-refractivity contribution in [1.82, 2.24) is 4.98 Å². The molecule has 0 bridgehead atoms. The van der Waals surface area contributed by atoms with Crippen LogP contribution in [0.4, 0.5) is 0 Å². The standard InChI is InChI=1S/C15H15NO4/c1-18-14-13(15(17)19-2)8-12(9-16-14)20-10-11-6-4-3-5-7-11/h3-9H,10H2,1-2H3. The van der Waals surface area contributed by atoms with Gasteiger partial charge in [0.05, 0.1) is 20.4 Å². The van der Waals surface area contributed by atoms with Crippen LogP contribution in [0.1, 0.15) is 15.9 Å². The molecule has 0 radical (unpaired) electrons. The molecule has 1 heterocycles. The van der Waals surface area contributed by atoms with Crippen molar-refractivity contribution in [3.63, 3.8) is 0 Å². The van der Waals surface area contributed by atoms with E-state index in [4.69, 9.17) is 9.47 Å². The molecule has 5 nitrogen and oxygen atoms in total. The number of ether oxygens (including phenoxy) is 3. The number of methoxy groups -OCH3 is 2. The molecule has 2 aromatic rings. The smallest absolute Gasteiger partial charge is 0.343 e. The largest absolute Gasteiger partial charge is 0.487 e. The van der Waals surface area contributed by atoms with E-state index in [-0.39, 0.29) is 11.4 Å². The zero-order valence-electron chi connectivity index (χ0n) is 11.3. The molecular formula is C15H15NO4. The van der Waals surface area contributed by atoms with Crippen LogP contribution in [0, 0.1) is 0 Å². The van der Waals surface area contributed by atoms with Crippen LogP contribution in [0.5, 0.6) is 11.6 Å². The van der Waals surface area contributed by atoms with Crippen LogP contribution in [0.3, 0.4) is 0 Å². The monoisotopic (exact) mass is 273 g/mol. The molecule has 0 atom stereocenters. The first-order chi connectivity index (χ1) is 9.74. The maximum Gasteiger partial charge on any atom is 0.343 e. The minimum Gasteiger partial charge on any atom is -0.487 e. The van der Waals surface area contributed by atoms with Gasteiger partial charge in [-0.3, -0.25) is 0 Å². The Labute approximate surface area is 117 Å². The van der Waals surface area contributed by atoms with E-state index in [1.54, 1.807) is 6.07 Å². The van der Waals surface area contributed by atoms with E-state index in [1.165, 1.54) is 20.4 Å². The normalized spacial score (nSPS) is 9.90. The van der Waals surface area contributed by atoms with Crippen molar-refractivity contribution in [3.8, 4) is 11.6 Å².